The molecule has 0 bridgehead atoms. The number of carbonyl (C=O) groups excluding carboxylic acids is 2. The zero-order valence-electron chi connectivity index (χ0n) is 9.04. The minimum absolute atomic E-state index is 0.0611. The minimum Gasteiger partial charge on any atom is -0.381 e. The molecule has 1 N–H and O–H groups in total. The fourth-order valence-corrected chi connectivity index (χ4v) is 2.78. The zero-order valence-corrected chi connectivity index (χ0v) is 9.04. The van der Waals surface area contributed by atoms with E-state index in [0.717, 1.165) is 25.7 Å². The van der Waals surface area contributed by atoms with Crippen LogP contribution < -0.4 is 5.32 Å². The van der Waals surface area contributed by atoms with Gasteiger partial charge in [0, 0.05) is 20.0 Å². The first kappa shape index (κ1) is 10.6. The van der Waals surface area contributed by atoms with E-state index in [1.54, 1.807) is 7.11 Å². The molecule has 4 heteroatoms. The number of piperidine rings is 1. The van der Waals surface area contributed by atoms with Gasteiger partial charge in [0.2, 0.25) is 11.8 Å². The van der Waals surface area contributed by atoms with Crippen molar-refractivity contribution in [2.75, 3.05) is 7.11 Å². The van der Waals surface area contributed by atoms with Crippen LogP contribution in [0.25, 0.3) is 0 Å². The number of hydrogen-bond donors (Lipinski definition) is 1. The van der Waals surface area contributed by atoms with Gasteiger partial charge in [0.15, 0.2) is 0 Å². The lowest BCUT2D eigenvalue weighted by atomic mass is 9.67. The first-order valence-corrected chi connectivity index (χ1v) is 5.49. The average Bonchev–Trinajstić information content (AvgIpc) is 2.17. The molecule has 2 aliphatic rings. The van der Waals surface area contributed by atoms with Crippen LogP contribution in [-0.4, -0.2) is 25.0 Å². The highest BCUT2D eigenvalue weighted by molar-refractivity contribution is 5.98. The molecule has 1 saturated heterocycles. The second-order valence-corrected chi connectivity index (χ2v) is 4.76. The van der Waals surface area contributed by atoms with Crippen molar-refractivity contribution in [3.63, 3.8) is 0 Å². The molecule has 1 spiro atoms. The van der Waals surface area contributed by atoms with Gasteiger partial charge in [0.05, 0.1) is 6.10 Å². The van der Waals surface area contributed by atoms with Gasteiger partial charge in [-0.25, -0.2) is 0 Å². The minimum atomic E-state index is -0.109. The molecule has 0 aromatic heterocycles. The van der Waals surface area contributed by atoms with E-state index < -0.39 is 0 Å². The van der Waals surface area contributed by atoms with E-state index >= 15 is 0 Å². The first-order chi connectivity index (χ1) is 7.13. The third-order valence-corrected chi connectivity index (χ3v) is 3.68. The summed E-state index contributed by atoms with van der Waals surface area (Å²) in [6, 6.07) is 0. The smallest absolute Gasteiger partial charge is 0.227 e. The highest BCUT2D eigenvalue weighted by atomic mass is 16.5. The summed E-state index contributed by atoms with van der Waals surface area (Å²) in [6.45, 7) is 0. The number of amides is 2. The van der Waals surface area contributed by atoms with Crippen molar-refractivity contribution in [3.05, 3.63) is 0 Å². The van der Waals surface area contributed by atoms with Gasteiger partial charge >= 0.3 is 0 Å². The van der Waals surface area contributed by atoms with Crippen LogP contribution in [0.2, 0.25) is 0 Å². The Morgan fingerprint density at radius 1 is 1.20 bits per heavy atom. The SMILES string of the molecule is COC1CCC2(CC1)CC(=O)NC(=O)C2. The van der Waals surface area contributed by atoms with Crippen LogP contribution in [0.1, 0.15) is 38.5 Å². The molecular weight excluding hydrogens is 194 g/mol. The summed E-state index contributed by atoms with van der Waals surface area (Å²) >= 11 is 0. The van der Waals surface area contributed by atoms with Gasteiger partial charge in [-0.05, 0) is 31.1 Å². The van der Waals surface area contributed by atoms with E-state index in [1.807, 2.05) is 0 Å². The van der Waals surface area contributed by atoms with Gasteiger partial charge in [0.1, 0.15) is 0 Å². The van der Waals surface area contributed by atoms with E-state index in [1.165, 1.54) is 0 Å². The van der Waals surface area contributed by atoms with E-state index in [4.69, 9.17) is 4.74 Å². The van der Waals surface area contributed by atoms with Gasteiger partial charge in [-0.3, -0.25) is 14.9 Å². The van der Waals surface area contributed by atoms with Crippen molar-refractivity contribution < 1.29 is 14.3 Å². The van der Waals surface area contributed by atoms with Crippen LogP contribution in [0.15, 0.2) is 0 Å². The Balaban J connectivity index is 2.02. The van der Waals surface area contributed by atoms with Gasteiger partial charge < -0.3 is 4.74 Å². The Labute approximate surface area is 89.4 Å². The predicted molar refractivity (Wildman–Crippen MR) is 54.1 cm³/mol. The van der Waals surface area contributed by atoms with Gasteiger partial charge in [0.25, 0.3) is 0 Å². The number of methoxy groups -OCH3 is 1. The van der Waals surface area contributed by atoms with Crippen molar-refractivity contribution in [1.82, 2.24) is 5.32 Å². The normalized spacial score (nSPS) is 26.7. The summed E-state index contributed by atoms with van der Waals surface area (Å²) in [4.78, 5) is 22.7. The van der Waals surface area contributed by atoms with Crippen LogP contribution in [0.5, 0.6) is 0 Å². The highest BCUT2D eigenvalue weighted by Gasteiger charge is 2.42. The maximum Gasteiger partial charge on any atom is 0.227 e. The zero-order chi connectivity index (χ0) is 10.9. The Bertz CT molecular complexity index is 262. The Morgan fingerprint density at radius 2 is 1.73 bits per heavy atom. The highest BCUT2D eigenvalue weighted by Crippen LogP contribution is 2.44. The molecule has 1 heterocycles. The fraction of sp³-hybridized carbons (Fsp3) is 0.818. The molecule has 2 amide bonds. The third-order valence-electron chi connectivity index (χ3n) is 3.68. The second-order valence-electron chi connectivity index (χ2n) is 4.76. The summed E-state index contributed by atoms with van der Waals surface area (Å²) < 4.78 is 5.29. The van der Waals surface area contributed by atoms with Crippen LogP contribution >= 0.6 is 0 Å². The van der Waals surface area contributed by atoms with Crippen LogP contribution in [0.4, 0.5) is 0 Å². The molecule has 0 radical (unpaired) electrons. The van der Waals surface area contributed by atoms with Crippen molar-refractivity contribution in [1.29, 1.82) is 0 Å². The summed E-state index contributed by atoms with van der Waals surface area (Å²) in [5.74, 6) is -0.218. The molecule has 0 aromatic rings. The quantitative estimate of drug-likeness (QED) is 0.658. The molecule has 1 aliphatic carbocycles. The number of carbonyl (C=O) groups is 2. The van der Waals surface area contributed by atoms with Crippen molar-refractivity contribution in [3.8, 4) is 0 Å². The molecule has 2 rings (SSSR count). The Morgan fingerprint density at radius 3 is 2.20 bits per heavy atom. The lowest BCUT2D eigenvalue weighted by molar-refractivity contribution is -0.140. The molecule has 0 atom stereocenters. The van der Waals surface area contributed by atoms with Crippen LogP contribution in [0.3, 0.4) is 0 Å². The van der Waals surface area contributed by atoms with Gasteiger partial charge in [-0.15, -0.1) is 0 Å². The molecule has 0 aromatic carbocycles. The lowest BCUT2D eigenvalue weighted by Crippen LogP contribution is -2.46. The molecular formula is C11H17NO3. The predicted octanol–water partition coefficient (Wildman–Crippen LogP) is 0.998. The Hall–Kier alpha value is -0.900. The lowest BCUT2D eigenvalue weighted by Gasteiger charge is -2.41. The average molecular weight is 211 g/mol. The molecule has 84 valence electrons. The molecule has 2 fully saturated rings. The number of rotatable bonds is 1. The summed E-state index contributed by atoms with van der Waals surface area (Å²) in [6.07, 6.45) is 5.14. The maximum absolute atomic E-state index is 11.3. The van der Waals surface area contributed by atoms with Crippen molar-refractivity contribution in [2.45, 2.75) is 44.6 Å². The first-order valence-electron chi connectivity index (χ1n) is 5.49. The Kier molecular flexibility index (Phi) is 2.78. The second kappa shape index (κ2) is 3.93. The van der Waals surface area contributed by atoms with Gasteiger partial charge in [-0.2, -0.15) is 0 Å². The number of hydrogen-bond acceptors (Lipinski definition) is 3. The van der Waals surface area contributed by atoms with Crippen molar-refractivity contribution >= 4 is 11.8 Å². The molecule has 0 unspecified atom stereocenters. The maximum atomic E-state index is 11.3. The van der Waals surface area contributed by atoms with Crippen molar-refractivity contribution in [2.24, 2.45) is 5.41 Å². The van der Waals surface area contributed by atoms with E-state index in [-0.39, 0.29) is 17.2 Å². The third kappa shape index (κ3) is 2.20. The number of ether oxygens (including phenoxy) is 1. The fourth-order valence-electron chi connectivity index (χ4n) is 2.78. The van der Waals surface area contributed by atoms with Crippen LogP contribution in [-0.2, 0) is 14.3 Å². The topological polar surface area (TPSA) is 55.4 Å². The standard InChI is InChI=1S/C11H17NO3/c1-15-8-2-4-11(5-3-8)6-9(13)12-10(14)7-11/h8H,2-7H2,1H3,(H,12,13,14). The molecule has 1 aliphatic heterocycles. The molecule has 15 heavy (non-hydrogen) atoms. The van der Waals surface area contributed by atoms with E-state index in [9.17, 15) is 9.59 Å². The summed E-state index contributed by atoms with van der Waals surface area (Å²) in [7, 11) is 1.72. The largest absolute Gasteiger partial charge is 0.381 e. The monoisotopic (exact) mass is 211 g/mol. The number of imide groups is 1. The summed E-state index contributed by atoms with van der Waals surface area (Å²) in [5, 5.41) is 2.37. The number of nitrogens with one attached hydrogen (secondary N) is 1. The van der Waals surface area contributed by atoms with E-state index in [2.05, 4.69) is 5.32 Å². The van der Waals surface area contributed by atoms with Gasteiger partial charge in [-0.1, -0.05) is 0 Å². The molecule has 4 nitrogen and oxygen atoms in total. The van der Waals surface area contributed by atoms with Crippen LogP contribution in [0, 0.1) is 5.41 Å². The summed E-state index contributed by atoms with van der Waals surface area (Å²) in [5.41, 5.74) is -0.0611. The molecule has 1 saturated carbocycles. The van der Waals surface area contributed by atoms with E-state index in [0.29, 0.717) is 18.9 Å².